The van der Waals surface area contributed by atoms with Gasteiger partial charge < -0.3 is 10.4 Å². The van der Waals surface area contributed by atoms with Crippen molar-refractivity contribution in [3.8, 4) is 0 Å². The molecule has 96 valence electrons. The Bertz CT molecular complexity index is 359. The molecule has 0 fully saturated rings. The molecule has 2 N–H and O–H groups in total. The Kier molecular flexibility index (Phi) is 6.68. The van der Waals surface area contributed by atoms with E-state index < -0.39 is 5.97 Å². The molecule has 1 unspecified atom stereocenters. The molecular formula is C9H15N3O2S3. The Morgan fingerprint density at radius 2 is 2.35 bits per heavy atom. The quantitative estimate of drug-likeness (QED) is 0.712. The predicted molar refractivity (Wildman–Crippen MR) is 74.4 cm³/mol. The molecule has 0 aliphatic heterocycles. The van der Waals surface area contributed by atoms with Crippen molar-refractivity contribution >= 4 is 46.0 Å². The molecule has 0 amide bonds. The summed E-state index contributed by atoms with van der Waals surface area (Å²) in [5.74, 6) is 1.30. The van der Waals surface area contributed by atoms with E-state index in [0.717, 1.165) is 16.6 Å². The van der Waals surface area contributed by atoms with Crippen molar-refractivity contribution in [3.63, 3.8) is 0 Å². The van der Waals surface area contributed by atoms with Gasteiger partial charge in [0.05, 0.1) is 5.75 Å². The summed E-state index contributed by atoms with van der Waals surface area (Å²) in [5, 5.41) is 20.4. The molecule has 0 saturated heterocycles. The summed E-state index contributed by atoms with van der Waals surface area (Å²) in [6, 6.07) is 0.338. The van der Waals surface area contributed by atoms with Gasteiger partial charge in [-0.1, -0.05) is 30.0 Å². The molecule has 0 aliphatic rings. The van der Waals surface area contributed by atoms with E-state index in [2.05, 4.69) is 29.4 Å². The van der Waals surface area contributed by atoms with Crippen molar-refractivity contribution in [1.29, 1.82) is 0 Å². The summed E-state index contributed by atoms with van der Waals surface area (Å²) in [7, 11) is 0. The Labute approximate surface area is 113 Å². The topological polar surface area (TPSA) is 75.1 Å². The molecule has 0 aliphatic carbocycles. The van der Waals surface area contributed by atoms with Crippen molar-refractivity contribution in [2.24, 2.45) is 0 Å². The number of aromatic nitrogens is 2. The summed E-state index contributed by atoms with van der Waals surface area (Å²) in [5.41, 5.74) is 0. The molecule has 8 heteroatoms. The number of nitrogens with zero attached hydrogens (tertiary/aromatic N) is 2. The van der Waals surface area contributed by atoms with Crippen LogP contribution in [0.3, 0.4) is 0 Å². The van der Waals surface area contributed by atoms with Crippen LogP contribution in [0.15, 0.2) is 4.34 Å². The van der Waals surface area contributed by atoms with E-state index in [4.69, 9.17) is 5.11 Å². The summed E-state index contributed by atoms with van der Waals surface area (Å²) in [6.07, 6.45) is 0. The number of thioether (sulfide) groups is 2. The second-order valence-corrected chi connectivity index (χ2v) is 6.78. The molecule has 5 nitrogen and oxygen atoms in total. The zero-order chi connectivity index (χ0) is 12.7. The highest BCUT2D eigenvalue weighted by atomic mass is 32.2. The molecule has 1 aromatic rings. The maximum atomic E-state index is 10.4. The van der Waals surface area contributed by atoms with Crippen molar-refractivity contribution in [1.82, 2.24) is 10.2 Å². The summed E-state index contributed by atoms with van der Waals surface area (Å²) in [4.78, 5) is 10.4. The van der Waals surface area contributed by atoms with Gasteiger partial charge in [0.2, 0.25) is 5.13 Å². The Balaban J connectivity index is 2.37. The van der Waals surface area contributed by atoms with E-state index in [0.29, 0.717) is 10.4 Å². The third kappa shape index (κ3) is 6.13. The smallest absolute Gasteiger partial charge is 0.313 e. The number of hydrogen-bond donors (Lipinski definition) is 2. The van der Waals surface area contributed by atoms with Crippen LogP contribution in [0.1, 0.15) is 13.8 Å². The van der Waals surface area contributed by atoms with Crippen LogP contribution in [0.4, 0.5) is 5.13 Å². The standard InChI is InChI=1S/C9H15N3O2S3/c1-3-15-4-6(2)10-8-11-12-9(17-8)16-5-7(13)14/h6H,3-5H2,1-2H3,(H,10,11)(H,13,14). The lowest BCUT2D eigenvalue weighted by Crippen LogP contribution is -2.17. The average molecular weight is 293 g/mol. The maximum absolute atomic E-state index is 10.4. The molecule has 0 saturated carbocycles. The van der Waals surface area contributed by atoms with Gasteiger partial charge in [-0.15, -0.1) is 10.2 Å². The number of hydrogen-bond acceptors (Lipinski definition) is 7. The molecule has 1 atom stereocenters. The van der Waals surface area contributed by atoms with Crippen LogP contribution in [-0.2, 0) is 4.79 Å². The highest BCUT2D eigenvalue weighted by Crippen LogP contribution is 2.25. The van der Waals surface area contributed by atoms with Crippen LogP contribution in [0.2, 0.25) is 0 Å². The van der Waals surface area contributed by atoms with Crippen LogP contribution >= 0.6 is 34.9 Å². The minimum atomic E-state index is -0.840. The number of carboxylic acid groups (broad SMARTS) is 1. The van der Waals surface area contributed by atoms with Crippen molar-refractivity contribution in [2.45, 2.75) is 24.2 Å². The number of aliphatic carboxylic acids is 1. The van der Waals surface area contributed by atoms with E-state index >= 15 is 0 Å². The van der Waals surface area contributed by atoms with Crippen molar-refractivity contribution < 1.29 is 9.90 Å². The molecule has 1 rings (SSSR count). The van der Waals surface area contributed by atoms with Crippen molar-refractivity contribution in [2.75, 3.05) is 22.6 Å². The van der Waals surface area contributed by atoms with Gasteiger partial charge in [0.1, 0.15) is 0 Å². The monoisotopic (exact) mass is 293 g/mol. The summed E-state index contributed by atoms with van der Waals surface area (Å²) < 4.78 is 0.685. The van der Waals surface area contributed by atoms with E-state index in [1.54, 1.807) is 0 Å². The second kappa shape index (κ2) is 7.78. The molecule has 0 bridgehead atoms. The van der Waals surface area contributed by atoms with Gasteiger partial charge in [0.15, 0.2) is 4.34 Å². The number of carboxylic acids is 1. The third-order valence-electron chi connectivity index (χ3n) is 1.67. The highest BCUT2D eigenvalue weighted by molar-refractivity contribution is 8.01. The van der Waals surface area contributed by atoms with Gasteiger partial charge >= 0.3 is 5.97 Å². The zero-order valence-electron chi connectivity index (χ0n) is 9.67. The van der Waals surface area contributed by atoms with Crippen LogP contribution in [0, 0.1) is 0 Å². The molecule has 0 aromatic carbocycles. The highest BCUT2D eigenvalue weighted by Gasteiger charge is 2.09. The van der Waals surface area contributed by atoms with Gasteiger partial charge in [-0.2, -0.15) is 11.8 Å². The maximum Gasteiger partial charge on any atom is 0.313 e. The first-order valence-electron chi connectivity index (χ1n) is 5.14. The molecule has 0 spiro atoms. The largest absolute Gasteiger partial charge is 0.481 e. The zero-order valence-corrected chi connectivity index (χ0v) is 12.1. The molecular weight excluding hydrogens is 278 g/mol. The molecule has 1 aromatic heterocycles. The van der Waals surface area contributed by atoms with Gasteiger partial charge in [-0.05, 0) is 12.7 Å². The van der Waals surface area contributed by atoms with Crippen LogP contribution in [0.25, 0.3) is 0 Å². The van der Waals surface area contributed by atoms with Crippen LogP contribution < -0.4 is 5.32 Å². The number of carbonyl (C=O) groups is 1. The lowest BCUT2D eigenvalue weighted by Gasteiger charge is -2.10. The Hall–Kier alpha value is -0.470. The predicted octanol–water partition coefficient (Wildman–Crippen LogP) is 2.27. The first kappa shape index (κ1) is 14.6. The third-order valence-corrected chi connectivity index (χ3v) is 4.78. The minimum absolute atomic E-state index is 0.0237. The number of nitrogens with one attached hydrogen (secondary N) is 1. The van der Waals surface area contributed by atoms with E-state index in [1.165, 1.54) is 23.1 Å². The van der Waals surface area contributed by atoms with E-state index in [1.807, 2.05) is 11.8 Å². The normalized spacial score (nSPS) is 12.4. The fourth-order valence-corrected chi connectivity index (χ4v) is 3.25. The first-order chi connectivity index (χ1) is 8.11. The summed E-state index contributed by atoms with van der Waals surface area (Å²) >= 11 is 4.46. The first-order valence-corrected chi connectivity index (χ1v) is 8.10. The van der Waals surface area contributed by atoms with Gasteiger partial charge in [0, 0.05) is 11.8 Å². The van der Waals surface area contributed by atoms with E-state index in [-0.39, 0.29) is 5.75 Å². The molecule has 0 radical (unpaired) electrons. The Morgan fingerprint density at radius 1 is 1.59 bits per heavy atom. The Morgan fingerprint density at radius 3 is 3.00 bits per heavy atom. The van der Waals surface area contributed by atoms with E-state index in [9.17, 15) is 4.79 Å². The molecule has 1 heterocycles. The lowest BCUT2D eigenvalue weighted by atomic mass is 10.4. The summed E-state index contributed by atoms with van der Waals surface area (Å²) in [6.45, 7) is 4.22. The van der Waals surface area contributed by atoms with Gasteiger partial charge in [0.25, 0.3) is 0 Å². The number of rotatable bonds is 8. The van der Waals surface area contributed by atoms with Crippen LogP contribution in [0.5, 0.6) is 0 Å². The lowest BCUT2D eigenvalue weighted by molar-refractivity contribution is -0.133. The van der Waals surface area contributed by atoms with Gasteiger partial charge in [-0.25, -0.2) is 0 Å². The fourth-order valence-electron chi connectivity index (χ4n) is 0.997. The second-order valence-electron chi connectivity index (χ2n) is 3.26. The van der Waals surface area contributed by atoms with Gasteiger partial charge in [-0.3, -0.25) is 4.79 Å². The molecule has 17 heavy (non-hydrogen) atoms. The number of anilines is 1. The SMILES string of the molecule is CCSCC(C)Nc1nnc(SCC(=O)O)s1. The van der Waals surface area contributed by atoms with Crippen LogP contribution in [-0.4, -0.2) is 44.6 Å². The fraction of sp³-hybridized carbons (Fsp3) is 0.667. The minimum Gasteiger partial charge on any atom is -0.481 e. The average Bonchev–Trinajstić information content (AvgIpc) is 2.71. The van der Waals surface area contributed by atoms with Crippen molar-refractivity contribution in [3.05, 3.63) is 0 Å².